The van der Waals surface area contributed by atoms with E-state index >= 15 is 0 Å². The number of hydrogen-bond acceptors (Lipinski definition) is 2. The highest BCUT2D eigenvalue weighted by molar-refractivity contribution is 8.00. The van der Waals surface area contributed by atoms with Crippen LogP contribution in [0.3, 0.4) is 0 Å². The number of benzene rings is 2. The number of thioether (sulfide) groups is 1. The van der Waals surface area contributed by atoms with Gasteiger partial charge in [0.1, 0.15) is 0 Å². The standard InChI is InChI=1S/C15H14ClNOS/c1-11-7-8-14(13(16)9-11)17-15(18)10-19-12-5-3-2-4-6-12/h2-9H,10H2,1H3,(H,17,18). The third kappa shape index (κ3) is 4.30. The Morgan fingerprint density at radius 3 is 2.63 bits per heavy atom. The van der Waals surface area contributed by atoms with Crippen molar-refractivity contribution in [3.05, 3.63) is 59.1 Å². The predicted octanol–water partition coefficient (Wildman–Crippen LogP) is 4.38. The summed E-state index contributed by atoms with van der Waals surface area (Å²) in [5.74, 6) is 0.313. The first-order chi connectivity index (χ1) is 9.15. The highest BCUT2D eigenvalue weighted by Crippen LogP contribution is 2.23. The minimum absolute atomic E-state index is 0.0559. The molecule has 4 heteroatoms. The van der Waals surface area contributed by atoms with Gasteiger partial charge in [0.05, 0.1) is 16.5 Å². The molecule has 0 aliphatic heterocycles. The molecule has 0 aliphatic carbocycles. The van der Waals surface area contributed by atoms with E-state index in [1.807, 2.05) is 55.5 Å². The Morgan fingerprint density at radius 1 is 1.21 bits per heavy atom. The number of anilines is 1. The van der Waals surface area contributed by atoms with Gasteiger partial charge in [-0.15, -0.1) is 11.8 Å². The van der Waals surface area contributed by atoms with Crippen LogP contribution in [0.5, 0.6) is 0 Å². The van der Waals surface area contributed by atoms with Gasteiger partial charge < -0.3 is 5.32 Å². The second-order valence-corrected chi connectivity index (χ2v) is 5.59. The van der Waals surface area contributed by atoms with Crippen LogP contribution in [-0.2, 0) is 4.79 Å². The van der Waals surface area contributed by atoms with Crippen molar-refractivity contribution in [1.29, 1.82) is 0 Å². The van der Waals surface area contributed by atoms with Gasteiger partial charge in [0.25, 0.3) is 0 Å². The van der Waals surface area contributed by atoms with Gasteiger partial charge in [-0.05, 0) is 36.8 Å². The zero-order valence-electron chi connectivity index (χ0n) is 10.5. The molecule has 0 heterocycles. The van der Waals surface area contributed by atoms with Crippen LogP contribution < -0.4 is 5.32 Å². The molecule has 98 valence electrons. The second-order valence-electron chi connectivity index (χ2n) is 4.13. The van der Waals surface area contributed by atoms with Crippen molar-refractivity contribution < 1.29 is 4.79 Å². The van der Waals surface area contributed by atoms with Crippen molar-refractivity contribution in [3.63, 3.8) is 0 Å². The maximum Gasteiger partial charge on any atom is 0.234 e. The van der Waals surface area contributed by atoms with Gasteiger partial charge in [0.15, 0.2) is 0 Å². The van der Waals surface area contributed by atoms with E-state index in [2.05, 4.69) is 5.32 Å². The quantitative estimate of drug-likeness (QED) is 0.847. The highest BCUT2D eigenvalue weighted by atomic mass is 35.5. The molecule has 0 aromatic heterocycles. The molecule has 0 saturated carbocycles. The van der Waals surface area contributed by atoms with Gasteiger partial charge in [0.2, 0.25) is 5.91 Å². The summed E-state index contributed by atoms with van der Waals surface area (Å²) < 4.78 is 0. The fourth-order valence-electron chi connectivity index (χ4n) is 1.57. The molecule has 1 amide bonds. The minimum atomic E-state index is -0.0559. The van der Waals surface area contributed by atoms with Crippen LogP contribution in [-0.4, -0.2) is 11.7 Å². The van der Waals surface area contributed by atoms with Crippen molar-refractivity contribution in [2.75, 3.05) is 11.1 Å². The lowest BCUT2D eigenvalue weighted by Gasteiger charge is -2.07. The summed E-state index contributed by atoms with van der Waals surface area (Å²) in [7, 11) is 0. The van der Waals surface area contributed by atoms with Crippen molar-refractivity contribution in [1.82, 2.24) is 0 Å². The molecular weight excluding hydrogens is 278 g/mol. The maximum absolute atomic E-state index is 11.8. The van der Waals surface area contributed by atoms with Crippen molar-refractivity contribution in [3.8, 4) is 0 Å². The number of nitrogens with one attached hydrogen (secondary N) is 1. The van der Waals surface area contributed by atoms with Gasteiger partial charge in [-0.25, -0.2) is 0 Å². The van der Waals surface area contributed by atoms with E-state index in [0.717, 1.165) is 10.5 Å². The summed E-state index contributed by atoms with van der Waals surface area (Å²) in [6.45, 7) is 1.96. The van der Waals surface area contributed by atoms with Gasteiger partial charge in [-0.3, -0.25) is 4.79 Å². The second kappa shape index (κ2) is 6.64. The van der Waals surface area contributed by atoms with Crippen LogP contribution in [0.15, 0.2) is 53.4 Å². The monoisotopic (exact) mass is 291 g/mol. The normalized spacial score (nSPS) is 10.2. The lowest BCUT2D eigenvalue weighted by Crippen LogP contribution is -2.14. The minimum Gasteiger partial charge on any atom is -0.324 e. The first-order valence-electron chi connectivity index (χ1n) is 5.89. The zero-order chi connectivity index (χ0) is 13.7. The van der Waals surface area contributed by atoms with E-state index in [1.54, 1.807) is 0 Å². The molecule has 0 radical (unpaired) electrons. The van der Waals surface area contributed by atoms with E-state index < -0.39 is 0 Å². The maximum atomic E-state index is 11.8. The Bertz CT molecular complexity index is 572. The van der Waals surface area contributed by atoms with Crippen molar-refractivity contribution >= 4 is 35.0 Å². The SMILES string of the molecule is Cc1ccc(NC(=O)CSc2ccccc2)c(Cl)c1. The first kappa shape index (κ1) is 14.0. The molecule has 0 bridgehead atoms. The smallest absolute Gasteiger partial charge is 0.234 e. The zero-order valence-corrected chi connectivity index (χ0v) is 12.1. The Morgan fingerprint density at radius 2 is 1.95 bits per heavy atom. The summed E-state index contributed by atoms with van der Waals surface area (Å²) in [6.07, 6.45) is 0. The van der Waals surface area contributed by atoms with Crippen LogP contribution in [0.2, 0.25) is 5.02 Å². The molecule has 0 spiro atoms. The number of rotatable bonds is 4. The van der Waals surface area contributed by atoms with E-state index in [9.17, 15) is 4.79 Å². The Hall–Kier alpha value is -1.45. The van der Waals surface area contributed by atoms with Gasteiger partial charge in [0, 0.05) is 4.90 Å². The number of aryl methyl sites for hydroxylation is 1. The number of carbonyl (C=O) groups excluding carboxylic acids is 1. The van der Waals surface area contributed by atoms with E-state index in [1.165, 1.54) is 11.8 Å². The van der Waals surface area contributed by atoms with Crippen molar-refractivity contribution in [2.24, 2.45) is 0 Å². The number of carbonyl (C=O) groups is 1. The topological polar surface area (TPSA) is 29.1 Å². The molecule has 0 aliphatic rings. The summed E-state index contributed by atoms with van der Waals surface area (Å²) in [5.41, 5.74) is 1.73. The van der Waals surface area contributed by atoms with E-state index in [4.69, 9.17) is 11.6 Å². The van der Waals surface area contributed by atoms with Crippen LogP contribution in [0.25, 0.3) is 0 Å². The third-order valence-corrected chi connectivity index (χ3v) is 3.84. The number of halogens is 1. The lowest BCUT2D eigenvalue weighted by molar-refractivity contribution is -0.113. The predicted molar refractivity (Wildman–Crippen MR) is 82.0 cm³/mol. The number of amides is 1. The summed E-state index contributed by atoms with van der Waals surface area (Å²) in [6, 6.07) is 15.4. The average Bonchev–Trinajstić information content (AvgIpc) is 2.41. The van der Waals surface area contributed by atoms with Crippen molar-refractivity contribution in [2.45, 2.75) is 11.8 Å². The molecule has 2 nitrogen and oxygen atoms in total. The Kier molecular flexibility index (Phi) is 4.88. The number of hydrogen-bond donors (Lipinski definition) is 1. The highest BCUT2D eigenvalue weighted by Gasteiger charge is 2.06. The molecule has 2 aromatic carbocycles. The summed E-state index contributed by atoms with van der Waals surface area (Å²) in [5, 5.41) is 3.38. The average molecular weight is 292 g/mol. The van der Waals surface area contributed by atoms with Gasteiger partial charge >= 0.3 is 0 Å². The Balaban J connectivity index is 1.91. The molecule has 2 rings (SSSR count). The molecule has 0 atom stereocenters. The third-order valence-electron chi connectivity index (χ3n) is 2.51. The molecule has 2 aromatic rings. The molecular formula is C15H14ClNOS. The molecule has 0 unspecified atom stereocenters. The first-order valence-corrected chi connectivity index (χ1v) is 7.25. The Labute approximate surface area is 122 Å². The van der Waals surface area contributed by atoms with Crippen LogP contribution in [0, 0.1) is 6.92 Å². The van der Waals surface area contributed by atoms with Gasteiger partial charge in [-0.2, -0.15) is 0 Å². The molecule has 19 heavy (non-hydrogen) atoms. The fraction of sp³-hybridized carbons (Fsp3) is 0.133. The molecule has 1 N–H and O–H groups in total. The van der Waals surface area contributed by atoms with E-state index in [0.29, 0.717) is 16.5 Å². The molecule has 0 fully saturated rings. The van der Waals surface area contributed by atoms with Gasteiger partial charge in [-0.1, -0.05) is 35.9 Å². The van der Waals surface area contributed by atoms with Crippen LogP contribution in [0.1, 0.15) is 5.56 Å². The van der Waals surface area contributed by atoms with E-state index in [-0.39, 0.29) is 5.91 Å². The summed E-state index contributed by atoms with van der Waals surface area (Å²) in [4.78, 5) is 12.9. The largest absolute Gasteiger partial charge is 0.324 e. The fourth-order valence-corrected chi connectivity index (χ4v) is 2.58. The van der Waals surface area contributed by atoms with Crippen LogP contribution >= 0.6 is 23.4 Å². The lowest BCUT2D eigenvalue weighted by atomic mass is 10.2. The summed E-state index contributed by atoms with van der Waals surface area (Å²) >= 11 is 7.57. The molecule has 0 saturated heterocycles. The van der Waals surface area contributed by atoms with Crippen LogP contribution in [0.4, 0.5) is 5.69 Å².